The highest BCUT2D eigenvalue weighted by atomic mass is 35.5. The Morgan fingerprint density at radius 3 is 2.17 bits per heavy atom. The molecule has 2 atom stereocenters. The van der Waals surface area contributed by atoms with Gasteiger partial charge in [0.1, 0.15) is 18.0 Å². The third-order valence-electron chi connectivity index (χ3n) is 2.99. The predicted molar refractivity (Wildman–Crippen MR) is 82.4 cm³/mol. The normalized spacial score (nSPS) is 13.3. The summed E-state index contributed by atoms with van der Waals surface area (Å²) in [7, 11) is 0. The van der Waals surface area contributed by atoms with E-state index in [0.29, 0.717) is 4.90 Å². The summed E-state index contributed by atoms with van der Waals surface area (Å²) in [5.41, 5.74) is 6.77. The lowest BCUT2D eigenvalue weighted by Gasteiger charge is -2.29. The number of hydrogen-bond acceptors (Lipinski definition) is 6. The minimum atomic E-state index is -1.21. The van der Waals surface area contributed by atoms with Crippen LogP contribution in [0.2, 0.25) is 0 Å². The highest BCUT2D eigenvalue weighted by Crippen LogP contribution is 2.11. The van der Waals surface area contributed by atoms with Crippen molar-refractivity contribution in [1.29, 1.82) is 0 Å². The molecule has 0 unspecified atom stereocenters. The Morgan fingerprint density at radius 2 is 1.78 bits per heavy atom. The van der Waals surface area contributed by atoms with E-state index in [4.69, 9.17) is 22.5 Å². The standard InChI is InChI=1S/C13H23ClN4O5/c1-7(2)4-9(17-23)13(22)18(11(20)5-14)8(3)12(21)16-6-10(15)19/h7-9,17,23H,4-6H2,1-3H3,(H2,15,19)(H,16,21)/t8-,9-/m0/s1. The first-order chi connectivity index (χ1) is 10.6. The van der Waals surface area contributed by atoms with Gasteiger partial charge in [-0.05, 0) is 19.3 Å². The SMILES string of the molecule is CC(C)C[C@H](NO)C(=O)N(C(=O)CCl)[C@@H](C)C(=O)NCC(N)=O. The van der Waals surface area contributed by atoms with Gasteiger partial charge in [0, 0.05) is 0 Å². The summed E-state index contributed by atoms with van der Waals surface area (Å²) in [5, 5.41) is 11.4. The maximum atomic E-state index is 12.4. The van der Waals surface area contributed by atoms with Crippen molar-refractivity contribution in [2.75, 3.05) is 12.4 Å². The molecule has 0 aliphatic carbocycles. The van der Waals surface area contributed by atoms with E-state index in [9.17, 15) is 19.2 Å². The Balaban J connectivity index is 5.26. The summed E-state index contributed by atoms with van der Waals surface area (Å²) in [5.74, 6) is -3.54. The van der Waals surface area contributed by atoms with Crippen molar-refractivity contribution < 1.29 is 24.4 Å². The van der Waals surface area contributed by atoms with Gasteiger partial charge in [0.15, 0.2) is 0 Å². The molecule has 0 fully saturated rings. The van der Waals surface area contributed by atoms with Crippen LogP contribution >= 0.6 is 11.6 Å². The summed E-state index contributed by atoms with van der Waals surface area (Å²) in [6.45, 7) is 4.54. The first-order valence-electron chi connectivity index (χ1n) is 7.03. The summed E-state index contributed by atoms with van der Waals surface area (Å²) < 4.78 is 0. The molecule has 0 spiro atoms. The van der Waals surface area contributed by atoms with Crippen LogP contribution in [0.4, 0.5) is 0 Å². The molecule has 0 aromatic rings. The first kappa shape index (κ1) is 21.3. The van der Waals surface area contributed by atoms with Gasteiger partial charge in [-0.3, -0.25) is 24.1 Å². The smallest absolute Gasteiger partial charge is 0.249 e. The number of carbonyl (C=O) groups is 4. The van der Waals surface area contributed by atoms with Gasteiger partial charge in [-0.15, -0.1) is 11.6 Å². The maximum absolute atomic E-state index is 12.4. The van der Waals surface area contributed by atoms with Gasteiger partial charge >= 0.3 is 0 Å². The van der Waals surface area contributed by atoms with Crippen molar-refractivity contribution in [3.63, 3.8) is 0 Å². The Kier molecular flexibility index (Phi) is 9.38. The number of hydroxylamine groups is 1. The number of primary amides is 1. The molecular weight excluding hydrogens is 328 g/mol. The highest BCUT2D eigenvalue weighted by Gasteiger charge is 2.35. The van der Waals surface area contributed by atoms with Crippen LogP contribution in [0.3, 0.4) is 0 Å². The van der Waals surface area contributed by atoms with Crippen LogP contribution in [0.25, 0.3) is 0 Å². The van der Waals surface area contributed by atoms with Crippen molar-refractivity contribution in [3.05, 3.63) is 0 Å². The quantitative estimate of drug-likeness (QED) is 0.309. The van der Waals surface area contributed by atoms with Crippen LogP contribution < -0.4 is 16.5 Å². The van der Waals surface area contributed by atoms with Gasteiger partial charge in [-0.1, -0.05) is 13.8 Å². The van der Waals surface area contributed by atoms with Crippen LogP contribution in [-0.4, -0.2) is 58.2 Å². The molecule has 10 heteroatoms. The molecule has 0 aliphatic rings. The second kappa shape index (κ2) is 10.1. The summed E-state index contributed by atoms with van der Waals surface area (Å²) in [6.07, 6.45) is 0.247. The number of imide groups is 1. The number of nitrogens with two attached hydrogens (primary N) is 1. The second-order valence-electron chi connectivity index (χ2n) is 5.41. The lowest BCUT2D eigenvalue weighted by molar-refractivity contribution is -0.153. The molecule has 0 heterocycles. The van der Waals surface area contributed by atoms with E-state index in [1.165, 1.54) is 6.92 Å². The molecule has 132 valence electrons. The average Bonchev–Trinajstić information content (AvgIpc) is 2.49. The molecule has 9 nitrogen and oxygen atoms in total. The number of amides is 4. The van der Waals surface area contributed by atoms with Gasteiger partial charge in [0.05, 0.1) is 6.54 Å². The molecule has 0 aliphatic heterocycles. The zero-order valence-electron chi connectivity index (χ0n) is 13.3. The summed E-state index contributed by atoms with van der Waals surface area (Å²) in [4.78, 5) is 47.7. The minimum absolute atomic E-state index is 0.0514. The lowest BCUT2D eigenvalue weighted by atomic mass is 10.0. The lowest BCUT2D eigenvalue weighted by Crippen LogP contribution is -2.57. The number of nitrogens with one attached hydrogen (secondary N) is 2. The number of rotatable bonds is 9. The molecule has 23 heavy (non-hydrogen) atoms. The van der Waals surface area contributed by atoms with Crippen LogP contribution in [0.5, 0.6) is 0 Å². The third-order valence-corrected chi connectivity index (χ3v) is 3.21. The molecule has 0 aromatic carbocycles. The molecule has 0 rings (SSSR count). The number of nitrogens with zero attached hydrogens (tertiary/aromatic N) is 1. The Labute approximate surface area is 139 Å². The van der Waals surface area contributed by atoms with Crippen molar-refractivity contribution in [3.8, 4) is 0 Å². The number of hydrogen-bond donors (Lipinski definition) is 4. The van der Waals surface area contributed by atoms with Crippen LogP contribution in [-0.2, 0) is 19.2 Å². The largest absolute Gasteiger partial charge is 0.368 e. The van der Waals surface area contributed by atoms with Crippen molar-refractivity contribution in [1.82, 2.24) is 15.7 Å². The van der Waals surface area contributed by atoms with E-state index < -0.39 is 48.1 Å². The predicted octanol–water partition coefficient (Wildman–Crippen LogP) is -1.04. The fourth-order valence-electron chi connectivity index (χ4n) is 1.88. The van der Waals surface area contributed by atoms with Crippen LogP contribution in [0, 0.1) is 5.92 Å². The fourth-order valence-corrected chi connectivity index (χ4v) is 2.01. The minimum Gasteiger partial charge on any atom is -0.368 e. The topological polar surface area (TPSA) is 142 Å². The van der Waals surface area contributed by atoms with Gasteiger partial charge in [0.2, 0.25) is 23.6 Å². The molecule has 4 amide bonds. The van der Waals surface area contributed by atoms with E-state index in [0.717, 1.165) is 0 Å². The molecule has 0 radical (unpaired) electrons. The zero-order valence-corrected chi connectivity index (χ0v) is 14.1. The zero-order chi connectivity index (χ0) is 18.2. The molecule has 0 saturated carbocycles. The van der Waals surface area contributed by atoms with E-state index in [1.807, 2.05) is 19.3 Å². The number of halogens is 1. The number of alkyl halides is 1. The molecule has 0 bridgehead atoms. The van der Waals surface area contributed by atoms with E-state index >= 15 is 0 Å². The molecule has 5 N–H and O–H groups in total. The Hall–Kier alpha value is -1.71. The van der Waals surface area contributed by atoms with Gasteiger partial charge in [-0.2, -0.15) is 5.48 Å². The molecule has 0 saturated heterocycles. The van der Waals surface area contributed by atoms with E-state index in [1.54, 1.807) is 0 Å². The van der Waals surface area contributed by atoms with Crippen LogP contribution in [0.1, 0.15) is 27.2 Å². The third kappa shape index (κ3) is 6.93. The first-order valence-corrected chi connectivity index (χ1v) is 7.56. The maximum Gasteiger partial charge on any atom is 0.249 e. The molecule has 0 aromatic heterocycles. The fraction of sp³-hybridized carbons (Fsp3) is 0.692. The van der Waals surface area contributed by atoms with Gasteiger partial charge < -0.3 is 16.3 Å². The van der Waals surface area contributed by atoms with Crippen LogP contribution in [0.15, 0.2) is 0 Å². The Morgan fingerprint density at radius 1 is 1.22 bits per heavy atom. The van der Waals surface area contributed by atoms with Crippen molar-refractivity contribution in [2.45, 2.75) is 39.3 Å². The Bertz CT molecular complexity index is 458. The monoisotopic (exact) mass is 350 g/mol. The highest BCUT2D eigenvalue weighted by molar-refractivity contribution is 6.28. The van der Waals surface area contributed by atoms with Crippen molar-refractivity contribution in [2.24, 2.45) is 11.7 Å². The second-order valence-corrected chi connectivity index (χ2v) is 5.67. The van der Waals surface area contributed by atoms with E-state index in [2.05, 4.69) is 5.32 Å². The summed E-state index contributed by atoms with van der Waals surface area (Å²) in [6, 6.07) is -2.27. The van der Waals surface area contributed by atoms with Gasteiger partial charge in [0.25, 0.3) is 0 Å². The van der Waals surface area contributed by atoms with E-state index in [-0.39, 0.29) is 12.3 Å². The average molecular weight is 351 g/mol. The molecular formula is C13H23ClN4O5. The van der Waals surface area contributed by atoms with Gasteiger partial charge in [-0.25, -0.2) is 0 Å². The van der Waals surface area contributed by atoms with Crippen molar-refractivity contribution >= 4 is 35.2 Å². The number of carbonyl (C=O) groups excluding carboxylic acids is 4. The summed E-state index contributed by atoms with van der Waals surface area (Å²) >= 11 is 5.49.